The van der Waals surface area contributed by atoms with Crippen LogP contribution in [-0.4, -0.2) is 55.0 Å². The fraction of sp³-hybridized carbons (Fsp3) is 0.824. The molecule has 3 atom stereocenters. The van der Waals surface area contributed by atoms with Crippen LogP contribution in [0.2, 0.25) is 0 Å². The number of likely N-dealkylation sites (tertiary alicyclic amines) is 1. The van der Waals surface area contributed by atoms with Crippen LogP contribution in [0.4, 0.5) is 0 Å². The molecular formula is C17H27N2O4+. The van der Waals surface area contributed by atoms with E-state index in [-0.39, 0.29) is 43.6 Å². The molecular weight excluding hydrogens is 296 g/mol. The van der Waals surface area contributed by atoms with Gasteiger partial charge in [0.05, 0.1) is 32.2 Å². The molecule has 3 aliphatic heterocycles. The Labute approximate surface area is 137 Å². The van der Waals surface area contributed by atoms with Gasteiger partial charge in [0.25, 0.3) is 0 Å². The predicted molar refractivity (Wildman–Crippen MR) is 82.6 cm³/mol. The van der Waals surface area contributed by atoms with Crippen molar-refractivity contribution in [2.75, 3.05) is 26.2 Å². The standard InChI is InChI=1S/C17H26N2O4/c20-15-6-7-16(21)19(15)11-8-17(22)23-12-13-4-3-10-18-9-2-1-5-14(13)18/h13-14H,1-12H2/p+1/t13-,14+/m1/s1. The lowest BCUT2D eigenvalue weighted by atomic mass is 9.84. The molecule has 3 fully saturated rings. The third-order valence-corrected chi connectivity index (χ3v) is 5.58. The SMILES string of the molecule is O=C(CCN1C(=O)CCC1=O)OC[C@H]1CCC[NH+]2CCCC[C@@H]12. The maximum Gasteiger partial charge on any atom is 0.307 e. The van der Waals surface area contributed by atoms with Crippen LogP contribution in [-0.2, 0) is 19.1 Å². The Morgan fingerprint density at radius 2 is 1.83 bits per heavy atom. The first-order chi connectivity index (χ1) is 11.1. The van der Waals surface area contributed by atoms with Crippen molar-refractivity contribution in [3.05, 3.63) is 0 Å². The van der Waals surface area contributed by atoms with Gasteiger partial charge in [-0.3, -0.25) is 19.3 Å². The minimum atomic E-state index is -0.291. The zero-order valence-electron chi connectivity index (χ0n) is 13.7. The number of nitrogens with zero attached hydrogens (tertiary/aromatic N) is 1. The van der Waals surface area contributed by atoms with Gasteiger partial charge in [0, 0.05) is 25.3 Å². The number of rotatable bonds is 5. The number of fused-ring (bicyclic) bond motifs is 1. The summed E-state index contributed by atoms with van der Waals surface area (Å²) in [5, 5.41) is 0. The van der Waals surface area contributed by atoms with Gasteiger partial charge in [0.2, 0.25) is 11.8 Å². The van der Waals surface area contributed by atoms with Crippen molar-refractivity contribution in [2.45, 2.75) is 57.4 Å². The van der Waals surface area contributed by atoms with Crippen molar-refractivity contribution < 1.29 is 24.0 Å². The normalized spacial score (nSPS) is 31.1. The number of piperidine rings is 2. The van der Waals surface area contributed by atoms with E-state index < -0.39 is 0 Å². The first-order valence-electron chi connectivity index (χ1n) is 8.98. The molecule has 0 aromatic rings. The fourth-order valence-electron chi connectivity index (χ4n) is 4.32. The van der Waals surface area contributed by atoms with Gasteiger partial charge in [0.15, 0.2) is 0 Å². The van der Waals surface area contributed by atoms with E-state index in [1.54, 1.807) is 4.90 Å². The number of esters is 1. The summed E-state index contributed by atoms with van der Waals surface area (Å²) in [5.41, 5.74) is 0. The van der Waals surface area contributed by atoms with E-state index in [1.165, 1.54) is 43.7 Å². The predicted octanol–water partition coefficient (Wildman–Crippen LogP) is -0.0839. The number of carbonyl (C=O) groups is 3. The first kappa shape index (κ1) is 16.4. The van der Waals surface area contributed by atoms with Crippen LogP contribution in [0.1, 0.15) is 51.4 Å². The number of hydrogen-bond acceptors (Lipinski definition) is 4. The second-order valence-corrected chi connectivity index (χ2v) is 7.03. The van der Waals surface area contributed by atoms with Gasteiger partial charge in [-0.2, -0.15) is 0 Å². The largest absolute Gasteiger partial charge is 0.465 e. The molecule has 23 heavy (non-hydrogen) atoms. The first-order valence-corrected chi connectivity index (χ1v) is 8.98. The van der Waals surface area contributed by atoms with Crippen LogP contribution in [0.5, 0.6) is 0 Å². The molecule has 0 aromatic carbocycles. The highest BCUT2D eigenvalue weighted by atomic mass is 16.5. The fourth-order valence-corrected chi connectivity index (χ4v) is 4.32. The molecule has 1 N–H and O–H groups in total. The Balaban J connectivity index is 1.41. The lowest BCUT2D eigenvalue weighted by Gasteiger charge is -2.41. The molecule has 0 bridgehead atoms. The van der Waals surface area contributed by atoms with E-state index in [2.05, 4.69) is 0 Å². The summed E-state index contributed by atoms with van der Waals surface area (Å²) in [4.78, 5) is 37.8. The van der Waals surface area contributed by atoms with Gasteiger partial charge >= 0.3 is 5.97 Å². The highest BCUT2D eigenvalue weighted by Gasteiger charge is 2.37. The molecule has 128 valence electrons. The summed E-state index contributed by atoms with van der Waals surface area (Å²) in [6, 6.07) is 0.645. The van der Waals surface area contributed by atoms with Gasteiger partial charge in [-0.15, -0.1) is 0 Å². The number of carbonyl (C=O) groups excluding carboxylic acids is 3. The Morgan fingerprint density at radius 3 is 2.61 bits per heavy atom. The van der Waals surface area contributed by atoms with Crippen molar-refractivity contribution in [1.82, 2.24) is 4.90 Å². The third-order valence-electron chi connectivity index (χ3n) is 5.58. The Bertz CT molecular complexity index is 461. The van der Waals surface area contributed by atoms with Gasteiger partial charge in [-0.25, -0.2) is 0 Å². The number of amides is 2. The van der Waals surface area contributed by atoms with Crippen LogP contribution in [0, 0.1) is 5.92 Å². The highest BCUT2D eigenvalue weighted by Crippen LogP contribution is 2.21. The monoisotopic (exact) mass is 323 g/mol. The van der Waals surface area contributed by atoms with E-state index >= 15 is 0 Å². The molecule has 0 aromatic heterocycles. The molecule has 3 aliphatic rings. The minimum Gasteiger partial charge on any atom is -0.465 e. The van der Waals surface area contributed by atoms with E-state index in [0.717, 1.165) is 6.42 Å². The zero-order valence-corrected chi connectivity index (χ0v) is 13.7. The Morgan fingerprint density at radius 1 is 1.09 bits per heavy atom. The van der Waals surface area contributed by atoms with Crippen molar-refractivity contribution in [1.29, 1.82) is 0 Å². The van der Waals surface area contributed by atoms with Crippen LogP contribution >= 0.6 is 0 Å². The van der Waals surface area contributed by atoms with Crippen molar-refractivity contribution in [3.8, 4) is 0 Å². The summed E-state index contributed by atoms with van der Waals surface area (Å²) in [5.74, 6) is -0.161. The molecule has 2 amide bonds. The molecule has 3 rings (SSSR count). The molecule has 3 saturated heterocycles. The second-order valence-electron chi connectivity index (χ2n) is 7.03. The summed E-state index contributed by atoms with van der Waals surface area (Å²) in [7, 11) is 0. The summed E-state index contributed by atoms with van der Waals surface area (Å²) in [6.45, 7) is 3.18. The molecule has 1 unspecified atom stereocenters. The van der Waals surface area contributed by atoms with Crippen molar-refractivity contribution in [2.24, 2.45) is 5.92 Å². The van der Waals surface area contributed by atoms with E-state index in [1.807, 2.05) is 0 Å². The molecule has 0 radical (unpaired) electrons. The molecule has 6 nitrogen and oxygen atoms in total. The number of imide groups is 1. The average molecular weight is 323 g/mol. The molecule has 6 heteroatoms. The molecule has 0 spiro atoms. The topological polar surface area (TPSA) is 68.1 Å². The van der Waals surface area contributed by atoms with E-state index in [4.69, 9.17) is 4.74 Å². The summed E-state index contributed by atoms with van der Waals surface area (Å²) in [6.07, 6.45) is 6.87. The van der Waals surface area contributed by atoms with Crippen molar-refractivity contribution >= 4 is 17.8 Å². The number of hydrogen-bond donors (Lipinski definition) is 1. The van der Waals surface area contributed by atoms with Crippen LogP contribution in [0.15, 0.2) is 0 Å². The third kappa shape index (κ3) is 3.91. The maximum atomic E-state index is 11.9. The molecule has 0 saturated carbocycles. The van der Waals surface area contributed by atoms with Gasteiger partial charge in [-0.05, 0) is 32.1 Å². The van der Waals surface area contributed by atoms with Gasteiger partial charge in [-0.1, -0.05) is 0 Å². The van der Waals surface area contributed by atoms with Crippen LogP contribution in [0.3, 0.4) is 0 Å². The smallest absolute Gasteiger partial charge is 0.307 e. The second kappa shape index (κ2) is 7.43. The summed E-state index contributed by atoms with van der Waals surface area (Å²) >= 11 is 0. The van der Waals surface area contributed by atoms with Crippen LogP contribution in [0.25, 0.3) is 0 Å². The quantitative estimate of drug-likeness (QED) is 0.567. The average Bonchev–Trinajstić information content (AvgIpc) is 2.89. The lowest BCUT2D eigenvalue weighted by molar-refractivity contribution is -0.940. The Kier molecular flexibility index (Phi) is 5.30. The number of quaternary nitrogens is 1. The lowest BCUT2D eigenvalue weighted by Crippen LogP contribution is -3.18. The Hall–Kier alpha value is -1.43. The summed E-state index contributed by atoms with van der Waals surface area (Å²) < 4.78 is 5.46. The van der Waals surface area contributed by atoms with Crippen LogP contribution < -0.4 is 4.90 Å². The highest BCUT2D eigenvalue weighted by molar-refractivity contribution is 6.02. The number of ether oxygens (including phenoxy) is 1. The number of nitrogens with one attached hydrogen (secondary N) is 1. The van der Waals surface area contributed by atoms with Gasteiger partial charge in [0.1, 0.15) is 0 Å². The molecule has 0 aliphatic carbocycles. The van der Waals surface area contributed by atoms with Crippen molar-refractivity contribution in [3.63, 3.8) is 0 Å². The van der Waals surface area contributed by atoms with E-state index in [0.29, 0.717) is 18.6 Å². The van der Waals surface area contributed by atoms with Gasteiger partial charge < -0.3 is 9.64 Å². The molecule has 3 heterocycles. The van der Waals surface area contributed by atoms with E-state index in [9.17, 15) is 14.4 Å². The maximum absolute atomic E-state index is 11.9. The zero-order chi connectivity index (χ0) is 16.2. The minimum absolute atomic E-state index is 0.117.